The molecule has 0 fully saturated rings. The van der Waals surface area contributed by atoms with Crippen molar-refractivity contribution in [1.82, 2.24) is 0 Å². The van der Waals surface area contributed by atoms with E-state index in [0.717, 1.165) is 27.3 Å². The second-order valence-electron chi connectivity index (χ2n) is 2.71. The highest BCUT2D eigenvalue weighted by atomic mass is 33.1. The Labute approximate surface area is 102 Å². The van der Waals surface area contributed by atoms with E-state index in [1.807, 2.05) is 18.2 Å². The number of methoxy groups -OCH3 is 1. The lowest BCUT2D eigenvalue weighted by Gasteiger charge is -2.03. The van der Waals surface area contributed by atoms with Crippen LogP contribution in [0.1, 0.15) is 0 Å². The molecule has 16 heavy (non-hydrogen) atoms. The summed E-state index contributed by atoms with van der Waals surface area (Å²) in [6.45, 7) is 0. The van der Waals surface area contributed by atoms with Crippen LogP contribution >= 0.6 is 21.6 Å². The van der Waals surface area contributed by atoms with Crippen molar-refractivity contribution in [2.75, 3.05) is 18.2 Å². The largest absolute Gasteiger partial charge is 0.460 e. The standard InChI is InChI=1S/C10H11NO3S2/c1-14-10(13)16-15-7-9(12)11-8-5-3-2-4-6-8/h2-6H,7H2,1H3,(H,11,12). The molecule has 0 heterocycles. The summed E-state index contributed by atoms with van der Waals surface area (Å²) in [7, 11) is 3.36. The number of amides is 1. The Kier molecular flexibility index (Phi) is 5.81. The summed E-state index contributed by atoms with van der Waals surface area (Å²) in [5.41, 5.74) is 0.746. The maximum absolute atomic E-state index is 11.4. The summed E-state index contributed by atoms with van der Waals surface area (Å²) < 4.78 is 4.42. The molecule has 0 aromatic heterocycles. The molecule has 1 aromatic carbocycles. The van der Waals surface area contributed by atoms with Gasteiger partial charge in [0.25, 0.3) is 0 Å². The van der Waals surface area contributed by atoms with Crippen molar-refractivity contribution in [3.8, 4) is 0 Å². The van der Waals surface area contributed by atoms with E-state index < -0.39 is 5.30 Å². The molecule has 1 rings (SSSR count). The van der Waals surface area contributed by atoms with Gasteiger partial charge in [0.2, 0.25) is 5.91 Å². The van der Waals surface area contributed by atoms with E-state index in [4.69, 9.17) is 0 Å². The fourth-order valence-electron chi connectivity index (χ4n) is 0.884. The SMILES string of the molecule is COC(=O)SSCC(=O)Nc1ccccc1. The molecule has 0 radical (unpaired) electrons. The van der Waals surface area contributed by atoms with Crippen molar-refractivity contribution >= 4 is 38.5 Å². The Morgan fingerprint density at radius 1 is 1.31 bits per heavy atom. The van der Waals surface area contributed by atoms with Crippen LogP contribution in [-0.4, -0.2) is 24.1 Å². The molecule has 0 saturated heterocycles. The number of nitrogens with one attached hydrogen (secondary N) is 1. The fourth-order valence-corrected chi connectivity index (χ4v) is 2.28. The molecular weight excluding hydrogens is 246 g/mol. The second-order valence-corrected chi connectivity index (χ2v) is 4.95. The van der Waals surface area contributed by atoms with E-state index >= 15 is 0 Å². The van der Waals surface area contributed by atoms with Gasteiger partial charge in [-0.3, -0.25) is 4.79 Å². The van der Waals surface area contributed by atoms with Gasteiger partial charge in [0, 0.05) is 16.5 Å². The Morgan fingerprint density at radius 3 is 2.62 bits per heavy atom. The summed E-state index contributed by atoms with van der Waals surface area (Å²) >= 11 is 0. The number of anilines is 1. The van der Waals surface area contributed by atoms with E-state index in [9.17, 15) is 9.59 Å². The van der Waals surface area contributed by atoms with Crippen LogP contribution in [0.5, 0.6) is 0 Å². The molecular formula is C10H11NO3S2. The van der Waals surface area contributed by atoms with Crippen LogP contribution in [0.3, 0.4) is 0 Å². The molecule has 86 valence electrons. The highest BCUT2D eigenvalue weighted by Crippen LogP contribution is 2.23. The van der Waals surface area contributed by atoms with Crippen molar-refractivity contribution in [2.24, 2.45) is 0 Å². The van der Waals surface area contributed by atoms with Crippen LogP contribution in [0.15, 0.2) is 30.3 Å². The predicted octanol–water partition coefficient (Wildman–Crippen LogP) is 2.77. The van der Waals surface area contributed by atoms with Crippen molar-refractivity contribution < 1.29 is 14.3 Å². The predicted molar refractivity (Wildman–Crippen MR) is 67.5 cm³/mol. The molecule has 0 saturated carbocycles. The first-order valence-electron chi connectivity index (χ1n) is 4.44. The van der Waals surface area contributed by atoms with Gasteiger partial charge >= 0.3 is 5.30 Å². The number of carbonyl (C=O) groups is 2. The number of para-hydroxylation sites is 1. The lowest BCUT2D eigenvalue weighted by molar-refractivity contribution is -0.113. The van der Waals surface area contributed by atoms with E-state index in [-0.39, 0.29) is 11.7 Å². The van der Waals surface area contributed by atoms with Crippen molar-refractivity contribution in [3.05, 3.63) is 30.3 Å². The van der Waals surface area contributed by atoms with Crippen LogP contribution < -0.4 is 5.32 Å². The van der Waals surface area contributed by atoms with Gasteiger partial charge in [-0.05, 0) is 12.1 Å². The number of ether oxygens (including phenoxy) is 1. The molecule has 1 amide bonds. The number of carbonyl (C=O) groups excluding carboxylic acids is 2. The van der Waals surface area contributed by atoms with Gasteiger partial charge in [0.1, 0.15) is 0 Å². The molecule has 0 bridgehead atoms. The highest BCUT2D eigenvalue weighted by molar-refractivity contribution is 8.82. The number of hydrogen-bond donors (Lipinski definition) is 1. The first kappa shape index (κ1) is 12.9. The number of rotatable bonds is 4. The Bertz CT molecular complexity index is 356. The van der Waals surface area contributed by atoms with Gasteiger partial charge in [0.05, 0.1) is 12.9 Å². The summed E-state index contributed by atoms with van der Waals surface area (Å²) in [6.07, 6.45) is 0. The molecule has 0 aliphatic rings. The summed E-state index contributed by atoms with van der Waals surface area (Å²) in [4.78, 5) is 22.1. The molecule has 1 N–H and O–H groups in total. The third kappa shape index (κ3) is 5.09. The Balaban J connectivity index is 2.24. The maximum atomic E-state index is 11.4. The van der Waals surface area contributed by atoms with Gasteiger partial charge < -0.3 is 10.1 Å². The van der Waals surface area contributed by atoms with Crippen molar-refractivity contribution in [3.63, 3.8) is 0 Å². The molecule has 0 aliphatic heterocycles. The lowest BCUT2D eigenvalue weighted by atomic mass is 10.3. The number of benzene rings is 1. The first-order valence-corrected chi connectivity index (χ1v) is 6.76. The Hall–Kier alpha value is -1.14. The monoisotopic (exact) mass is 257 g/mol. The minimum Gasteiger partial charge on any atom is -0.460 e. The smallest absolute Gasteiger partial charge is 0.377 e. The van der Waals surface area contributed by atoms with Crippen LogP contribution in [-0.2, 0) is 9.53 Å². The van der Waals surface area contributed by atoms with Crippen LogP contribution in [0.4, 0.5) is 10.5 Å². The summed E-state index contributed by atoms with van der Waals surface area (Å²) in [6, 6.07) is 9.15. The Morgan fingerprint density at radius 2 is 2.00 bits per heavy atom. The van der Waals surface area contributed by atoms with Gasteiger partial charge in [-0.15, -0.1) is 0 Å². The van der Waals surface area contributed by atoms with Gasteiger partial charge in [0.15, 0.2) is 0 Å². The summed E-state index contributed by atoms with van der Waals surface area (Å²) in [5.74, 6) is 0.0573. The van der Waals surface area contributed by atoms with Crippen molar-refractivity contribution in [2.45, 2.75) is 0 Å². The summed E-state index contributed by atoms with van der Waals surface area (Å²) in [5, 5.41) is 2.30. The van der Waals surface area contributed by atoms with Gasteiger partial charge in [-0.2, -0.15) is 0 Å². The van der Waals surface area contributed by atoms with Gasteiger partial charge in [-0.1, -0.05) is 29.0 Å². The molecule has 1 aromatic rings. The fraction of sp³-hybridized carbons (Fsp3) is 0.200. The average Bonchev–Trinajstić information content (AvgIpc) is 2.30. The zero-order valence-corrected chi connectivity index (χ0v) is 10.3. The molecule has 0 aliphatic carbocycles. The number of hydrogen-bond acceptors (Lipinski definition) is 5. The zero-order chi connectivity index (χ0) is 11.8. The van der Waals surface area contributed by atoms with Crippen LogP contribution in [0.2, 0.25) is 0 Å². The zero-order valence-electron chi connectivity index (χ0n) is 8.64. The average molecular weight is 257 g/mol. The van der Waals surface area contributed by atoms with Crippen LogP contribution in [0, 0.1) is 0 Å². The van der Waals surface area contributed by atoms with E-state index in [1.165, 1.54) is 7.11 Å². The minimum absolute atomic E-state index is 0.146. The lowest BCUT2D eigenvalue weighted by Crippen LogP contribution is -2.13. The van der Waals surface area contributed by atoms with E-state index in [0.29, 0.717) is 0 Å². The quantitative estimate of drug-likeness (QED) is 0.664. The first-order chi connectivity index (χ1) is 7.72. The van der Waals surface area contributed by atoms with E-state index in [2.05, 4.69) is 10.1 Å². The van der Waals surface area contributed by atoms with Crippen molar-refractivity contribution in [1.29, 1.82) is 0 Å². The molecule has 0 spiro atoms. The third-order valence-corrected chi connectivity index (χ3v) is 3.46. The molecule has 0 atom stereocenters. The van der Waals surface area contributed by atoms with E-state index in [1.54, 1.807) is 12.1 Å². The molecule has 4 nitrogen and oxygen atoms in total. The topological polar surface area (TPSA) is 55.4 Å². The van der Waals surface area contributed by atoms with Gasteiger partial charge in [-0.25, -0.2) is 4.79 Å². The highest BCUT2D eigenvalue weighted by Gasteiger charge is 2.06. The molecule has 0 unspecified atom stereocenters. The molecule has 6 heteroatoms. The maximum Gasteiger partial charge on any atom is 0.377 e. The third-order valence-electron chi connectivity index (χ3n) is 1.54. The van der Waals surface area contributed by atoms with Crippen LogP contribution in [0.25, 0.3) is 0 Å². The normalized spacial score (nSPS) is 9.56. The minimum atomic E-state index is -0.405. The second kappa shape index (κ2) is 7.19.